The van der Waals surface area contributed by atoms with E-state index in [0.29, 0.717) is 68.7 Å². The van der Waals surface area contributed by atoms with Gasteiger partial charge in [0.1, 0.15) is 42.0 Å². The number of aliphatic hydroxyl groups excluding tert-OH is 1. The molecule has 4 unspecified atom stereocenters. The summed E-state index contributed by atoms with van der Waals surface area (Å²) in [5.41, 5.74) is 3.63. The summed E-state index contributed by atoms with van der Waals surface area (Å²) in [5.74, 6) is -0.307. The molecule has 474 valence electrons. The summed E-state index contributed by atoms with van der Waals surface area (Å²) >= 11 is 0. The maximum atomic E-state index is 14.1. The number of phosphoric acid groups is 2. The molecule has 4 N–H and O–H groups in total. The maximum Gasteiger partial charge on any atom is 0.330 e. The normalized spacial score (nSPS) is 21.4. The third-order valence-corrected chi connectivity index (χ3v) is 17.2. The number of H-pyrrole nitrogens is 1. The first-order valence-electron chi connectivity index (χ1n) is 29.5. The number of para-hydroxylation sites is 1. The van der Waals surface area contributed by atoms with Crippen molar-refractivity contribution in [1.82, 2.24) is 40.1 Å². The molecule has 4 aliphatic rings. The molecular formula is C58H77N9O18P2-2. The summed E-state index contributed by atoms with van der Waals surface area (Å²) in [6.07, 6.45) is 3.32. The molecule has 2 saturated heterocycles. The number of aryl methyl sites for hydroxylation is 2. The Morgan fingerprint density at radius 3 is 2.33 bits per heavy atom. The van der Waals surface area contributed by atoms with E-state index < -0.39 is 83.6 Å². The Balaban J connectivity index is 0.748. The van der Waals surface area contributed by atoms with Gasteiger partial charge < -0.3 is 67.6 Å². The van der Waals surface area contributed by atoms with Crippen LogP contribution < -0.4 is 36.6 Å². The molecule has 8 atom stereocenters. The summed E-state index contributed by atoms with van der Waals surface area (Å²) in [4.78, 5) is 108. The highest BCUT2D eigenvalue weighted by Gasteiger charge is 2.43. The Kier molecular flexibility index (Phi) is 23.9. The van der Waals surface area contributed by atoms with Gasteiger partial charge >= 0.3 is 5.69 Å². The van der Waals surface area contributed by atoms with Crippen LogP contribution in [0.1, 0.15) is 128 Å². The van der Waals surface area contributed by atoms with Gasteiger partial charge in [0.25, 0.3) is 27.1 Å². The summed E-state index contributed by atoms with van der Waals surface area (Å²) in [7, 11) is -10.4. The van der Waals surface area contributed by atoms with Crippen molar-refractivity contribution >= 4 is 44.8 Å². The van der Waals surface area contributed by atoms with Crippen molar-refractivity contribution in [3.05, 3.63) is 111 Å². The Labute approximate surface area is 503 Å². The summed E-state index contributed by atoms with van der Waals surface area (Å²) in [6, 6.07) is 15.5. The maximum absolute atomic E-state index is 14.1. The Morgan fingerprint density at radius 2 is 1.53 bits per heavy atom. The average Bonchev–Trinajstić information content (AvgIpc) is 1.96. The number of fused-ring (bicyclic) bond motifs is 5. The molecule has 2 aromatic carbocycles. The number of benzene rings is 2. The largest absolute Gasteiger partial charge is 0.756 e. The third kappa shape index (κ3) is 18.4. The van der Waals surface area contributed by atoms with Gasteiger partial charge in [0, 0.05) is 92.9 Å². The zero-order valence-electron chi connectivity index (χ0n) is 49.2. The van der Waals surface area contributed by atoms with E-state index in [4.69, 9.17) is 32.3 Å². The number of carbonyl (C=O) groups excluding carboxylic acids is 4. The van der Waals surface area contributed by atoms with Crippen molar-refractivity contribution in [3.8, 4) is 22.5 Å². The van der Waals surface area contributed by atoms with Gasteiger partial charge in [-0.3, -0.25) is 42.7 Å². The molecule has 2 fully saturated rings. The molecule has 27 nitrogen and oxygen atoms in total. The zero-order chi connectivity index (χ0) is 62.3. The number of Topliss-reactive ketones (excluding diaryl/α,β-unsaturated/α-hetero) is 1. The van der Waals surface area contributed by atoms with Crippen molar-refractivity contribution in [2.45, 2.75) is 167 Å². The molecule has 0 aliphatic carbocycles. The van der Waals surface area contributed by atoms with Crippen molar-refractivity contribution in [3.63, 3.8) is 0 Å². The molecule has 8 rings (SSSR count). The Morgan fingerprint density at radius 1 is 0.816 bits per heavy atom. The van der Waals surface area contributed by atoms with E-state index in [2.05, 4.69) is 39.4 Å². The molecular weight excluding hydrogens is 1170 g/mol. The lowest BCUT2D eigenvalue weighted by Crippen LogP contribution is -2.42. The number of phosphoric ester groups is 2. The van der Waals surface area contributed by atoms with Crippen molar-refractivity contribution in [1.29, 1.82) is 0 Å². The predicted octanol–water partition coefficient (Wildman–Crippen LogP) is 5.05. The number of ether oxygens (including phenoxy) is 3. The van der Waals surface area contributed by atoms with Crippen LogP contribution in [0.25, 0.3) is 22.5 Å². The fraction of sp³-hybridized carbons (Fsp3) is 0.552. The number of aromatic amines is 1. The number of hydrogen-bond acceptors (Lipinski definition) is 21. The first-order valence-corrected chi connectivity index (χ1v) is 32.4. The first-order chi connectivity index (χ1) is 41.7. The van der Waals surface area contributed by atoms with Gasteiger partial charge in [0.2, 0.25) is 11.8 Å². The number of unbranched alkanes of at least 4 members (excludes halogenated alkanes) is 5. The molecule has 87 heavy (non-hydrogen) atoms. The monoisotopic (exact) mass is 1250 g/mol. The van der Waals surface area contributed by atoms with Crippen LogP contribution in [-0.2, 0) is 73.7 Å². The van der Waals surface area contributed by atoms with Crippen LogP contribution in [0, 0.1) is 6.92 Å². The Hall–Kier alpha value is -6.32. The number of aromatic nitrogens is 5. The van der Waals surface area contributed by atoms with Crippen LogP contribution in [0.4, 0.5) is 5.69 Å². The van der Waals surface area contributed by atoms with E-state index in [-0.39, 0.29) is 80.2 Å². The second-order valence-electron chi connectivity index (χ2n) is 21.9. The number of ketones is 1. The molecule has 4 aliphatic heterocycles. The van der Waals surface area contributed by atoms with Crippen LogP contribution in [0.5, 0.6) is 0 Å². The van der Waals surface area contributed by atoms with E-state index in [1.165, 1.54) is 43.5 Å². The topological polar surface area (TPSA) is 349 Å². The van der Waals surface area contributed by atoms with Crippen LogP contribution in [0.15, 0.2) is 88.5 Å². The SMILES string of the molecule is C=C1NC(=O)C(C)=CN1[C@H]1CC(O)[C@@H](COP(=O)([O-])OC2C[C@H](n3cc(C)c(=O)[nH]c3=O)O[C@@H]2COP(=O)([O-])OCCOCCCC(=O)CCCCC(=O)N2Cc3ccccc3-c3c(nnn3CCCC(=O)NCCCCCCC)-c3ccccc32)O1. The lowest BCUT2D eigenvalue weighted by molar-refractivity contribution is -0.236. The minimum atomic E-state index is -5.30. The molecule has 0 spiro atoms. The van der Waals surface area contributed by atoms with Gasteiger partial charge in [-0.2, -0.15) is 0 Å². The minimum absolute atomic E-state index is 0.00425. The summed E-state index contributed by atoms with van der Waals surface area (Å²) < 4.78 is 66.7. The lowest BCUT2D eigenvalue weighted by atomic mass is 9.95. The highest BCUT2D eigenvalue weighted by atomic mass is 31.2. The first kappa shape index (κ1) is 66.6. The molecule has 0 saturated carbocycles. The smallest absolute Gasteiger partial charge is 0.330 e. The van der Waals surface area contributed by atoms with Crippen LogP contribution in [-0.4, -0.2) is 128 Å². The highest BCUT2D eigenvalue weighted by Crippen LogP contribution is 2.47. The van der Waals surface area contributed by atoms with E-state index in [0.717, 1.165) is 39.8 Å². The lowest BCUT2D eigenvalue weighted by Gasteiger charge is -2.33. The molecule has 4 aromatic rings. The van der Waals surface area contributed by atoms with Crippen LogP contribution in [0.2, 0.25) is 0 Å². The number of anilines is 1. The minimum Gasteiger partial charge on any atom is -0.756 e. The van der Waals surface area contributed by atoms with Gasteiger partial charge in [-0.25, -0.2) is 9.48 Å². The fourth-order valence-corrected chi connectivity index (χ4v) is 12.2. The molecule has 29 heteroatoms. The second kappa shape index (κ2) is 31.2. The number of rotatable bonds is 33. The predicted molar refractivity (Wildman–Crippen MR) is 311 cm³/mol. The number of amides is 3. The van der Waals surface area contributed by atoms with E-state index in [1.807, 2.05) is 53.2 Å². The molecule has 0 bridgehead atoms. The highest BCUT2D eigenvalue weighted by molar-refractivity contribution is 7.46. The van der Waals surface area contributed by atoms with Gasteiger partial charge in [0.15, 0.2) is 0 Å². The van der Waals surface area contributed by atoms with Gasteiger partial charge in [-0.15, -0.1) is 5.10 Å². The van der Waals surface area contributed by atoms with Gasteiger partial charge in [0.05, 0.1) is 56.6 Å². The summed E-state index contributed by atoms with van der Waals surface area (Å²) in [6.45, 7) is 8.28. The van der Waals surface area contributed by atoms with Crippen LogP contribution >= 0.6 is 15.6 Å². The van der Waals surface area contributed by atoms with Crippen LogP contribution in [0.3, 0.4) is 0 Å². The van der Waals surface area contributed by atoms with Crippen molar-refractivity contribution in [2.75, 3.05) is 44.5 Å². The molecule has 3 amide bonds. The number of nitrogens with one attached hydrogen (secondary N) is 3. The quantitative estimate of drug-likeness (QED) is 0.0358. The van der Waals surface area contributed by atoms with Gasteiger partial charge in [-0.05, 0) is 57.6 Å². The molecule has 0 radical (unpaired) electrons. The summed E-state index contributed by atoms with van der Waals surface area (Å²) in [5, 5.41) is 25.5. The van der Waals surface area contributed by atoms with E-state index >= 15 is 0 Å². The van der Waals surface area contributed by atoms with Gasteiger partial charge in [-0.1, -0.05) is 86.9 Å². The third-order valence-electron chi connectivity index (χ3n) is 15.3. The fourth-order valence-electron chi connectivity index (χ4n) is 10.6. The number of carbonyl (C=O) groups is 4. The number of nitrogens with zero attached hydrogens (tertiary/aromatic N) is 6. The second-order valence-corrected chi connectivity index (χ2v) is 24.6. The molecule has 6 heterocycles. The number of hydrogen-bond donors (Lipinski definition) is 4. The number of aliphatic hydroxyl groups is 1. The molecule has 2 aromatic heterocycles. The standard InChI is InChI=1S/C58H79N9O18P2/c1-5-6-7-8-15-26-59-50(70)24-16-27-67-55-43-21-11-9-18-41(43)35-65(45-23-13-12-22-44(45)54(55)62-63-67)51(71)25-14-10-19-42(68)20-17-28-79-29-30-80-86(75,76)81-37-49-47(32-53(84-49)66-34-39(3)57(73)61-58(66)74)85-87(77,78)82-36-48-46(69)31-52(83-48)64-33-38(2)56(72)60-40(64)4/h9,11-13,18,21-23,33-34,46-49,52-53,69H,4-8,10,14-17,19-20,24-32,35-37H2,1-3H3,(H,59,70)(H,60,72)(H,75,76)(H,77,78)(H,61,73,74)/p-2/t46?,47?,48-,49-,52-,53-/m1/s1. The van der Waals surface area contributed by atoms with Crippen molar-refractivity contribution in [2.24, 2.45) is 0 Å². The van der Waals surface area contributed by atoms with Crippen molar-refractivity contribution < 1.29 is 75.5 Å². The van der Waals surface area contributed by atoms with E-state index in [1.54, 1.807) is 11.8 Å². The van der Waals surface area contributed by atoms with E-state index in [9.17, 15) is 52.8 Å². The Bertz CT molecular complexity index is 3330. The zero-order valence-corrected chi connectivity index (χ0v) is 51.0. The average molecular weight is 1250 g/mol.